The van der Waals surface area contributed by atoms with Crippen LogP contribution in [-0.2, 0) is 0 Å². The fourth-order valence-corrected chi connectivity index (χ4v) is 2.62. The monoisotopic (exact) mass is 299 g/mol. The third-order valence-corrected chi connectivity index (χ3v) is 4.04. The number of carbonyl (C=O) groups is 1. The average Bonchev–Trinajstić information content (AvgIpc) is 3.08. The Kier molecular flexibility index (Phi) is 3.53. The third-order valence-electron chi connectivity index (χ3n) is 3.05. The molecule has 106 valence electrons. The first-order valence-electron chi connectivity index (χ1n) is 6.41. The second kappa shape index (κ2) is 5.49. The highest BCUT2D eigenvalue weighted by Crippen LogP contribution is 2.23. The maximum atomic E-state index is 12.1. The topological polar surface area (TPSA) is 68.0 Å². The lowest BCUT2D eigenvalue weighted by Crippen LogP contribution is -2.11. The van der Waals surface area contributed by atoms with Crippen molar-refractivity contribution in [2.24, 2.45) is 0 Å². The van der Waals surface area contributed by atoms with Crippen molar-refractivity contribution in [3.63, 3.8) is 0 Å². The number of nitrogens with one attached hydrogen (secondary N) is 1. The zero-order valence-corrected chi connectivity index (χ0v) is 12.4. The summed E-state index contributed by atoms with van der Waals surface area (Å²) in [4.78, 5) is 17.5. The van der Waals surface area contributed by atoms with Crippen molar-refractivity contribution in [3.8, 4) is 11.3 Å². The number of rotatable bonds is 3. The molecule has 0 saturated heterocycles. The summed E-state index contributed by atoms with van der Waals surface area (Å²) < 4.78 is 5.21. The van der Waals surface area contributed by atoms with Gasteiger partial charge in [0.15, 0.2) is 16.6 Å². The molecule has 2 heterocycles. The van der Waals surface area contributed by atoms with Crippen LogP contribution in [0.1, 0.15) is 21.1 Å². The number of thiazole rings is 1. The Labute approximate surface area is 125 Å². The molecular weight excluding hydrogens is 286 g/mol. The summed E-state index contributed by atoms with van der Waals surface area (Å²) in [5.74, 6) is 0.238. The molecule has 0 fully saturated rings. The highest BCUT2D eigenvalue weighted by atomic mass is 32.1. The minimum atomic E-state index is -0.324. The van der Waals surface area contributed by atoms with Gasteiger partial charge in [-0.2, -0.15) is 0 Å². The minimum absolute atomic E-state index is 0.236. The van der Waals surface area contributed by atoms with E-state index in [1.165, 1.54) is 11.3 Å². The lowest BCUT2D eigenvalue weighted by atomic mass is 10.1. The van der Waals surface area contributed by atoms with Gasteiger partial charge in [-0.25, -0.2) is 4.98 Å². The highest BCUT2D eigenvalue weighted by molar-refractivity contribution is 7.15. The van der Waals surface area contributed by atoms with E-state index in [0.29, 0.717) is 10.9 Å². The van der Waals surface area contributed by atoms with Gasteiger partial charge < -0.3 is 4.52 Å². The summed E-state index contributed by atoms with van der Waals surface area (Å²) in [6.45, 7) is 3.87. The summed E-state index contributed by atoms with van der Waals surface area (Å²) in [5, 5.41) is 7.11. The number of hydrogen-bond donors (Lipinski definition) is 1. The van der Waals surface area contributed by atoms with E-state index in [1.807, 2.05) is 44.2 Å². The Balaban J connectivity index is 1.78. The molecule has 0 unspecified atom stereocenters. The number of anilines is 1. The first-order chi connectivity index (χ1) is 10.1. The molecule has 0 aliphatic carbocycles. The number of benzene rings is 1. The summed E-state index contributed by atoms with van der Waals surface area (Å²) >= 11 is 1.44. The van der Waals surface area contributed by atoms with Crippen LogP contribution >= 0.6 is 11.3 Å². The quantitative estimate of drug-likeness (QED) is 0.801. The second-order valence-corrected chi connectivity index (χ2v) is 5.76. The maximum absolute atomic E-state index is 12.1. The van der Waals surface area contributed by atoms with Crippen LogP contribution in [0.2, 0.25) is 0 Å². The van der Waals surface area contributed by atoms with Crippen LogP contribution in [0.15, 0.2) is 40.9 Å². The smallest absolute Gasteiger partial charge is 0.279 e. The lowest BCUT2D eigenvalue weighted by Gasteiger charge is -1.95. The normalized spacial score (nSPS) is 10.6. The molecule has 0 bridgehead atoms. The van der Waals surface area contributed by atoms with Crippen LogP contribution in [-0.4, -0.2) is 16.0 Å². The highest BCUT2D eigenvalue weighted by Gasteiger charge is 2.15. The predicted molar refractivity (Wildman–Crippen MR) is 81.5 cm³/mol. The summed E-state index contributed by atoms with van der Waals surface area (Å²) in [5.41, 5.74) is 2.03. The van der Waals surface area contributed by atoms with Gasteiger partial charge in [-0.3, -0.25) is 10.1 Å². The van der Waals surface area contributed by atoms with Crippen molar-refractivity contribution in [2.75, 3.05) is 5.32 Å². The molecule has 1 amide bonds. The van der Waals surface area contributed by atoms with E-state index in [-0.39, 0.29) is 11.6 Å². The molecule has 0 aliphatic heterocycles. The van der Waals surface area contributed by atoms with Gasteiger partial charge in [-0.15, -0.1) is 11.3 Å². The van der Waals surface area contributed by atoms with Crippen LogP contribution < -0.4 is 5.32 Å². The van der Waals surface area contributed by atoms with Crippen LogP contribution in [0.25, 0.3) is 11.3 Å². The van der Waals surface area contributed by atoms with E-state index in [1.54, 1.807) is 6.07 Å². The first kappa shape index (κ1) is 13.5. The Morgan fingerprint density at radius 2 is 2.00 bits per heavy atom. The molecule has 1 aromatic carbocycles. The van der Waals surface area contributed by atoms with E-state index in [4.69, 9.17) is 4.52 Å². The molecule has 0 saturated carbocycles. The van der Waals surface area contributed by atoms with Gasteiger partial charge in [0.1, 0.15) is 0 Å². The van der Waals surface area contributed by atoms with E-state index < -0.39 is 0 Å². The summed E-state index contributed by atoms with van der Waals surface area (Å²) in [6, 6.07) is 11.1. The Morgan fingerprint density at radius 3 is 2.67 bits per heavy atom. The maximum Gasteiger partial charge on any atom is 0.279 e. The zero-order valence-electron chi connectivity index (χ0n) is 11.6. The van der Waals surface area contributed by atoms with Gasteiger partial charge in [-0.1, -0.05) is 35.5 Å². The number of carbonyl (C=O) groups excluding carboxylic acids is 1. The molecular formula is C15H13N3O2S. The Hall–Kier alpha value is -2.47. The van der Waals surface area contributed by atoms with Gasteiger partial charge in [0.25, 0.3) is 5.91 Å². The fraction of sp³-hybridized carbons (Fsp3) is 0.133. The average molecular weight is 299 g/mol. The zero-order chi connectivity index (χ0) is 14.8. The van der Waals surface area contributed by atoms with Crippen molar-refractivity contribution < 1.29 is 9.32 Å². The molecule has 2 aromatic heterocycles. The van der Waals surface area contributed by atoms with Gasteiger partial charge in [-0.05, 0) is 13.8 Å². The van der Waals surface area contributed by atoms with E-state index in [0.717, 1.165) is 16.1 Å². The summed E-state index contributed by atoms with van der Waals surface area (Å²) in [7, 11) is 0. The SMILES string of the molecule is Cc1nc(NC(=O)c2cc(-c3ccccc3)on2)sc1C. The van der Waals surface area contributed by atoms with Crippen LogP contribution in [0.4, 0.5) is 5.13 Å². The fourth-order valence-electron chi connectivity index (χ4n) is 1.81. The second-order valence-electron chi connectivity index (χ2n) is 4.56. The molecule has 6 heteroatoms. The molecule has 0 radical (unpaired) electrons. The number of aromatic nitrogens is 2. The molecule has 3 aromatic rings. The number of aryl methyl sites for hydroxylation is 2. The molecule has 3 rings (SSSR count). The Morgan fingerprint density at radius 1 is 1.24 bits per heavy atom. The van der Waals surface area contributed by atoms with Crippen molar-refractivity contribution in [1.82, 2.24) is 10.1 Å². The molecule has 0 spiro atoms. The van der Waals surface area contributed by atoms with Crippen molar-refractivity contribution in [2.45, 2.75) is 13.8 Å². The van der Waals surface area contributed by atoms with Gasteiger partial charge >= 0.3 is 0 Å². The number of amides is 1. The van der Waals surface area contributed by atoms with Gasteiger partial charge in [0.05, 0.1) is 5.69 Å². The third kappa shape index (κ3) is 2.85. The van der Waals surface area contributed by atoms with Crippen molar-refractivity contribution >= 4 is 22.4 Å². The van der Waals surface area contributed by atoms with E-state index >= 15 is 0 Å². The molecule has 21 heavy (non-hydrogen) atoms. The lowest BCUT2D eigenvalue weighted by molar-refractivity contribution is 0.101. The number of hydrogen-bond acceptors (Lipinski definition) is 5. The van der Waals surface area contributed by atoms with E-state index in [2.05, 4.69) is 15.5 Å². The molecule has 0 aliphatic rings. The Bertz CT molecular complexity index is 758. The van der Waals surface area contributed by atoms with Gasteiger partial charge in [0, 0.05) is 16.5 Å². The molecule has 0 atom stereocenters. The first-order valence-corrected chi connectivity index (χ1v) is 7.22. The summed E-state index contributed by atoms with van der Waals surface area (Å²) in [6.07, 6.45) is 0. The number of nitrogens with zero attached hydrogens (tertiary/aromatic N) is 2. The largest absolute Gasteiger partial charge is 0.355 e. The molecule has 1 N–H and O–H groups in total. The van der Waals surface area contributed by atoms with Crippen LogP contribution in [0, 0.1) is 13.8 Å². The van der Waals surface area contributed by atoms with Crippen LogP contribution in [0.5, 0.6) is 0 Å². The van der Waals surface area contributed by atoms with Crippen LogP contribution in [0.3, 0.4) is 0 Å². The standard InChI is InChI=1S/C15H13N3O2S/c1-9-10(2)21-15(16-9)17-14(19)12-8-13(20-18-12)11-6-4-3-5-7-11/h3-8H,1-2H3,(H,16,17,19). The molecule has 5 nitrogen and oxygen atoms in total. The van der Waals surface area contributed by atoms with Crippen molar-refractivity contribution in [3.05, 3.63) is 52.7 Å². The minimum Gasteiger partial charge on any atom is -0.355 e. The predicted octanol–water partition coefficient (Wildman–Crippen LogP) is 3.67. The van der Waals surface area contributed by atoms with E-state index in [9.17, 15) is 4.79 Å². The van der Waals surface area contributed by atoms with Crippen molar-refractivity contribution in [1.29, 1.82) is 0 Å². The van der Waals surface area contributed by atoms with Gasteiger partial charge in [0.2, 0.25) is 0 Å².